The molecule has 1 amide bonds. The predicted octanol–water partition coefficient (Wildman–Crippen LogP) is 8.22. The van der Waals surface area contributed by atoms with Crippen LogP contribution in [0.4, 0.5) is 5.69 Å². The minimum Gasteiger partial charge on any atom is -0.493 e. The summed E-state index contributed by atoms with van der Waals surface area (Å²) in [5.41, 5.74) is 7.72. The summed E-state index contributed by atoms with van der Waals surface area (Å²) >= 11 is 0. The second-order valence-corrected chi connectivity index (χ2v) is 15.2. The van der Waals surface area contributed by atoms with E-state index in [2.05, 4.69) is 50.0 Å². The minimum absolute atomic E-state index is 0.0795. The highest BCUT2D eigenvalue weighted by Crippen LogP contribution is 2.55. The van der Waals surface area contributed by atoms with E-state index < -0.39 is 5.92 Å². The molecule has 7 heteroatoms. The van der Waals surface area contributed by atoms with Crippen LogP contribution in [0.2, 0.25) is 0 Å². The standard InChI is InChI=1S/C41H46N2O5/c1-25-13-14-26(2)29(17-25)42-36(46)24-48-34-16-15-28(18-35(34)47-7)37-38-30(19-40(3,4)21-32(38)44)43(23-27-11-9-8-10-12-27)31-20-41(5,6)22-33(45)39(31)37/h8-18,37H,19-24H2,1-7H3,(H,42,46). The van der Waals surface area contributed by atoms with Gasteiger partial charge in [-0.3, -0.25) is 14.4 Å². The maximum atomic E-state index is 14.2. The lowest BCUT2D eigenvalue weighted by atomic mass is 9.63. The number of amides is 1. The Labute approximate surface area is 284 Å². The van der Waals surface area contributed by atoms with Gasteiger partial charge in [0.05, 0.1) is 7.11 Å². The first-order chi connectivity index (χ1) is 22.7. The molecule has 3 aromatic carbocycles. The molecular weight excluding hydrogens is 600 g/mol. The van der Waals surface area contributed by atoms with Crippen LogP contribution in [0.15, 0.2) is 89.3 Å². The summed E-state index contributed by atoms with van der Waals surface area (Å²) in [5, 5.41) is 2.93. The van der Waals surface area contributed by atoms with E-state index in [-0.39, 0.29) is 34.9 Å². The number of methoxy groups -OCH3 is 1. The number of anilines is 1. The molecule has 48 heavy (non-hydrogen) atoms. The third-order valence-corrected chi connectivity index (χ3v) is 9.75. The highest BCUT2D eigenvalue weighted by Gasteiger charge is 2.49. The van der Waals surface area contributed by atoms with Crippen molar-refractivity contribution in [1.82, 2.24) is 4.90 Å². The van der Waals surface area contributed by atoms with E-state index in [1.807, 2.05) is 62.4 Å². The van der Waals surface area contributed by atoms with Crippen LogP contribution in [0.25, 0.3) is 0 Å². The number of Topliss-reactive ketones (excluding diaryl/α,β-unsaturated/α-hetero) is 2. The van der Waals surface area contributed by atoms with Crippen LogP contribution in [0.5, 0.6) is 11.5 Å². The van der Waals surface area contributed by atoms with E-state index in [1.54, 1.807) is 13.2 Å². The molecule has 1 aliphatic heterocycles. The molecule has 0 spiro atoms. The number of carbonyl (C=O) groups excluding carboxylic acids is 3. The number of nitrogens with zero attached hydrogens (tertiary/aromatic N) is 1. The molecule has 0 saturated heterocycles. The van der Waals surface area contributed by atoms with Gasteiger partial charge in [-0.05, 0) is 78.0 Å². The molecule has 3 aliphatic rings. The smallest absolute Gasteiger partial charge is 0.262 e. The molecule has 0 fully saturated rings. The topological polar surface area (TPSA) is 84.9 Å². The molecule has 0 bridgehead atoms. The van der Waals surface area contributed by atoms with Crippen LogP contribution in [-0.2, 0) is 20.9 Å². The van der Waals surface area contributed by atoms with E-state index in [9.17, 15) is 14.4 Å². The number of rotatable bonds is 8. The largest absolute Gasteiger partial charge is 0.493 e. The van der Waals surface area contributed by atoms with Crippen molar-refractivity contribution in [3.8, 4) is 11.5 Å². The Kier molecular flexibility index (Phi) is 8.84. The fraction of sp³-hybridized carbons (Fsp3) is 0.390. The van der Waals surface area contributed by atoms with Crippen LogP contribution in [-0.4, -0.2) is 36.1 Å². The van der Waals surface area contributed by atoms with Crippen molar-refractivity contribution in [3.63, 3.8) is 0 Å². The van der Waals surface area contributed by atoms with Crippen molar-refractivity contribution in [2.24, 2.45) is 10.8 Å². The number of aryl methyl sites for hydroxylation is 2. The molecule has 3 aromatic rings. The van der Waals surface area contributed by atoms with Crippen LogP contribution in [0, 0.1) is 24.7 Å². The van der Waals surface area contributed by atoms with Gasteiger partial charge in [0.2, 0.25) is 0 Å². The fourth-order valence-corrected chi connectivity index (χ4v) is 7.52. The first kappa shape index (κ1) is 33.3. The Hall–Kier alpha value is -4.65. The van der Waals surface area contributed by atoms with Crippen molar-refractivity contribution < 1.29 is 23.9 Å². The molecule has 0 unspecified atom stereocenters. The van der Waals surface area contributed by atoms with Crippen molar-refractivity contribution >= 4 is 23.2 Å². The highest BCUT2D eigenvalue weighted by molar-refractivity contribution is 6.07. The average molecular weight is 647 g/mol. The second kappa shape index (κ2) is 12.8. The molecule has 0 atom stereocenters. The Morgan fingerprint density at radius 1 is 0.812 bits per heavy atom. The lowest BCUT2D eigenvalue weighted by Crippen LogP contribution is -2.44. The predicted molar refractivity (Wildman–Crippen MR) is 188 cm³/mol. The zero-order valence-electron chi connectivity index (χ0n) is 29.2. The quantitative estimate of drug-likeness (QED) is 0.266. The Bertz CT molecular complexity index is 1800. The van der Waals surface area contributed by atoms with Gasteiger partial charge in [0.25, 0.3) is 5.91 Å². The van der Waals surface area contributed by atoms with E-state index in [0.717, 1.165) is 52.2 Å². The van der Waals surface area contributed by atoms with Crippen LogP contribution >= 0.6 is 0 Å². The summed E-state index contributed by atoms with van der Waals surface area (Å²) in [6.07, 6.45) is 2.29. The molecule has 250 valence electrons. The highest BCUT2D eigenvalue weighted by atomic mass is 16.5. The van der Waals surface area contributed by atoms with Crippen LogP contribution < -0.4 is 14.8 Å². The van der Waals surface area contributed by atoms with Gasteiger partial charge in [-0.1, -0.05) is 76.2 Å². The van der Waals surface area contributed by atoms with Gasteiger partial charge < -0.3 is 19.7 Å². The zero-order chi connectivity index (χ0) is 34.4. The van der Waals surface area contributed by atoms with Gasteiger partial charge in [0.15, 0.2) is 29.7 Å². The third-order valence-electron chi connectivity index (χ3n) is 9.75. The number of ether oxygens (including phenoxy) is 2. The molecule has 0 saturated carbocycles. The molecule has 1 heterocycles. The van der Waals surface area contributed by atoms with Gasteiger partial charge in [-0.15, -0.1) is 0 Å². The fourth-order valence-electron chi connectivity index (χ4n) is 7.52. The first-order valence-electron chi connectivity index (χ1n) is 16.8. The number of ketones is 2. The van der Waals surface area contributed by atoms with Gasteiger partial charge in [-0.2, -0.15) is 0 Å². The summed E-state index contributed by atoms with van der Waals surface area (Å²) < 4.78 is 11.8. The first-order valence-corrected chi connectivity index (χ1v) is 16.8. The van der Waals surface area contributed by atoms with E-state index in [0.29, 0.717) is 42.0 Å². The SMILES string of the molecule is COc1cc(C2C3=C(CC(C)(C)CC3=O)N(Cc3ccccc3)C3=C2C(=O)CC(C)(C)C3)ccc1OCC(=O)Nc1cc(C)ccc1C. The number of allylic oxidation sites excluding steroid dienone is 4. The number of hydrogen-bond acceptors (Lipinski definition) is 6. The number of hydrogen-bond donors (Lipinski definition) is 1. The molecule has 0 aromatic heterocycles. The van der Waals surface area contributed by atoms with Crippen molar-refractivity contribution in [2.45, 2.75) is 79.7 Å². The Balaban J connectivity index is 1.39. The van der Waals surface area contributed by atoms with Crippen molar-refractivity contribution in [3.05, 3.63) is 112 Å². The van der Waals surface area contributed by atoms with Crippen LogP contribution in [0.1, 0.15) is 81.5 Å². The molecule has 1 N–H and O–H groups in total. The normalized spacial score (nSPS) is 18.8. The molecule has 6 rings (SSSR count). The van der Waals surface area contributed by atoms with Gasteiger partial charge in [-0.25, -0.2) is 0 Å². The number of nitrogens with one attached hydrogen (secondary N) is 1. The maximum Gasteiger partial charge on any atom is 0.262 e. The minimum atomic E-state index is -0.509. The summed E-state index contributed by atoms with van der Waals surface area (Å²) in [6.45, 7) is 12.9. The summed E-state index contributed by atoms with van der Waals surface area (Å²) in [6, 6.07) is 21.7. The molecule has 2 aliphatic carbocycles. The lowest BCUT2D eigenvalue weighted by molar-refractivity contribution is -0.120. The maximum absolute atomic E-state index is 14.2. The zero-order valence-corrected chi connectivity index (χ0v) is 29.2. The summed E-state index contributed by atoms with van der Waals surface area (Å²) in [7, 11) is 1.56. The molecular formula is C41H46N2O5. The van der Waals surface area contributed by atoms with Crippen molar-refractivity contribution in [1.29, 1.82) is 0 Å². The second-order valence-electron chi connectivity index (χ2n) is 15.2. The van der Waals surface area contributed by atoms with Crippen molar-refractivity contribution in [2.75, 3.05) is 19.0 Å². The van der Waals surface area contributed by atoms with E-state index in [1.165, 1.54) is 0 Å². The third kappa shape index (κ3) is 6.69. The monoisotopic (exact) mass is 646 g/mol. The van der Waals surface area contributed by atoms with Gasteiger partial charge in [0.1, 0.15) is 0 Å². The molecule has 0 radical (unpaired) electrons. The lowest BCUT2D eigenvalue weighted by Gasteiger charge is -2.49. The van der Waals surface area contributed by atoms with Gasteiger partial charge in [0, 0.05) is 53.5 Å². The Morgan fingerprint density at radius 2 is 1.44 bits per heavy atom. The van der Waals surface area contributed by atoms with E-state index in [4.69, 9.17) is 9.47 Å². The van der Waals surface area contributed by atoms with Crippen LogP contribution in [0.3, 0.4) is 0 Å². The average Bonchev–Trinajstić information content (AvgIpc) is 3.01. The van der Waals surface area contributed by atoms with Gasteiger partial charge >= 0.3 is 0 Å². The number of carbonyl (C=O) groups is 3. The van der Waals surface area contributed by atoms with E-state index >= 15 is 0 Å². The summed E-state index contributed by atoms with van der Waals surface area (Å²) in [4.78, 5) is 43.6. The Morgan fingerprint density at radius 3 is 2.04 bits per heavy atom. The number of benzene rings is 3. The summed E-state index contributed by atoms with van der Waals surface area (Å²) in [5.74, 6) is 0.220. The molecule has 7 nitrogen and oxygen atoms in total.